The fourth-order valence-electron chi connectivity index (χ4n) is 3.20. The lowest BCUT2D eigenvalue weighted by Gasteiger charge is -2.32. The molecule has 1 aliphatic rings. The Morgan fingerprint density at radius 1 is 1.40 bits per heavy atom. The Bertz CT molecular complexity index is 802. The summed E-state index contributed by atoms with van der Waals surface area (Å²) in [5.74, 6) is -0.0455. The summed E-state index contributed by atoms with van der Waals surface area (Å²) in [6, 6.07) is 5.40. The molecule has 7 heteroatoms. The summed E-state index contributed by atoms with van der Waals surface area (Å²) in [6.07, 6.45) is 3.44. The van der Waals surface area contributed by atoms with Crippen LogP contribution in [-0.2, 0) is 4.79 Å². The number of carbonyl (C=O) groups excluding carboxylic acids is 2. The molecule has 1 saturated heterocycles. The van der Waals surface area contributed by atoms with Gasteiger partial charge < -0.3 is 10.2 Å². The number of halogens is 1. The molecule has 2 aromatic rings. The highest BCUT2D eigenvalue weighted by Gasteiger charge is 2.28. The molecule has 0 spiro atoms. The maximum absolute atomic E-state index is 12.8. The molecule has 1 aliphatic heterocycles. The average molecular weight is 361 g/mol. The second-order valence-electron chi connectivity index (χ2n) is 6.43. The van der Waals surface area contributed by atoms with Gasteiger partial charge in [0.2, 0.25) is 5.91 Å². The quantitative estimate of drug-likeness (QED) is 0.881. The van der Waals surface area contributed by atoms with Crippen LogP contribution in [0, 0.1) is 6.92 Å². The molecule has 0 bridgehead atoms. The second kappa shape index (κ2) is 7.27. The third-order valence-electron chi connectivity index (χ3n) is 4.52. The summed E-state index contributed by atoms with van der Waals surface area (Å²) in [6.45, 7) is 4.67. The minimum Gasteiger partial charge on any atom is -0.338 e. The van der Waals surface area contributed by atoms with Crippen LogP contribution in [0.5, 0.6) is 0 Å². The minimum atomic E-state index is -0.138. The van der Waals surface area contributed by atoms with Crippen molar-refractivity contribution in [2.45, 2.75) is 32.6 Å². The van der Waals surface area contributed by atoms with Gasteiger partial charge in [-0.15, -0.1) is 0 Å². The molecule has 1 aromatic carbocycles. The summed E-state index contributed by atoms with van der Waals surface area (Å²) in [7, 11) is 0. The summed E-state index contributed by atoms with van der Waals surface area (Å²) < 4.78 is 0. The molecule has 0 radical (unpaired) electrons. The molecule has 6 nitrogen and oxygen atoms in total. The van der Waals surface area contributed by atoms with Gasteiger partial charge in [0.15, 0.2) is 0 Å². The number of carbonyl (C=O) groups is 2. The van der Waals surface area contributed by atoms with Crippen LogP contribution in [0.4, 0.5) is 5.69 Å². The minimum absolute atomic E-state index is 0.0211. The van der Waals surface area contributed by atoms with Gasteiger partial charge in [0.1, 0.15) is 0 Å². The van der Waals surface area contributed by atoms with Crippen LogP contribution in [0.3, 0.4) is 0 Å². The number of likely N-dealkylation sites (tertiary alicyclic amines) is 1. The molecule has 2 heterocycles. The Kier molecular flexibility index (Phi) is 5.08. The van der Waals surface area contributed by atoms with Gasteiger partial charge in [-0.25, -0.2) is 0 Å². The standard InChI is InChI=1S/C18H21ClN4O2/c1-11-5-6-13(8-15(11)19)18(25)23-7-3-4-14(10-23)17-16(9-20-22-17)21-12(2)24/h5-6,8-9,14H,3-4,7,10H2,1-2H3,(H,20,22)(H,21,24). The number of amides is 2. The average Bonchev–Trinajstić information content (AvgIpc) is 3.04. The molecule has 3 rings (SSSR count). The van der Waals surface area contributed by atoms with Crippen LogP contribution >= 0.6 is 11.6 Å². The van der Waals surface area contributed by atoms with Crippen molar-refractivity contribution < 1.29 is 9.59 Å². The van der Waals surface area contributed by atoms with Crippen molar-refractivity contribution in [3.05, 3.63) is 46.2 Å². The highest BCUT2D eigenvalue weighted by molar-refractivity contribution is 6.31. The fourth-order valence-corrected chi connectivity index (χ4v) is 3.38. The molecular weight excluding hydrogens is 340 g/mol. The predicted octanol–water partition coefficient (Wildman–Crippen LogP) is 3.35. The van der Waals surface area contributed by atoms with Crippen LogP contribution in [0.2, 0.25) is 5.02 Å². The maximum atomic E-state index is 12.8. The molecule has 0 aliphatic carbocycles. The van der Waals surface area contributed by atoms with Gasteiger partial charge in [-0.05, 0) is 37.5 Å². The first-order valence-corrected chi connectivity index (χ1v) is 8.69. The predicted molar refractivity (Wildman–Crippen MR) is 97.0 cm³/mol. The van der Waals surface area contributed by atoms with Crippen molar-refractivity contribution in [3.8, 4) is 0 Å². The van der Waals surface area contributed by atoms with Gasteiger partial charge in [0, 0.05) is 36.5 Å². The first-order valence-electron chi connectivity index (χ1n) is 8.32. The van der Waals surface area contributed by atoms with E-state index in [-0.39, 0.29) is 17.7 Å². The first-order chi connectivity index (χ1) is 12.0. The van der Waals surface area contributed by atoms with Crippen LogP contribution in [0.15, 0.2) is 24.4 Å². The molecule has 1 fully saturated rings. The molecule has 1 unspecified atom stereocenters. The molecule has 2 amide bonds. The van der Waals surface area contributed by atoms with Gasteiger partial charge in [0.25, 0.3) is 5.91 Å². The Morgan fingerprint density at radius 3 is 2.92 bits per heavy atom. The number of anilines is 1. The normalized spacial score (nSPS) is 17.4. The number of piperidine rings is 1. The zero-order chi connectivity index (χ0) is 18.0. The van der Waals surface area contributed by atoms with Crippen molar-refractivity contribution >= 4 is 29.1 Å². The van der Waals surface area contributed by atoms with E-state index in [9.17, 15) is 9.59 Å². The van der Waals surface area contributed by atoms with Gasteiger partial charge in [-0.2, -0.15) is 5.10 Å². The largest absolute Gasteiger partial charge is 0.338 e. The van der Waals surface area contributed by atoms with Crippen LogP contribution in [0.25, 0.3) is 0 Å². The molecule has 2 N–H and O–H groups in total. The Morgan fingerprint density at radius 2 is 2.20 bits per heavy atom. The van der Waals surface area contributed by atoms with Gasteiger partial charge in [-0.3, -0.25) is 14.7 Å². The Labute approximate surface area is 151 Å². The monoisotopic (exact) mass is 360 g/mol. The molecule has 25 heavy (non-hydrogen) atoms. The third-order valence-corrected chi connectivity index (χ3v) is 4.92. The van der Waals surface area contributed by atoms with E-state index in [4.69, 9.17) is 11.6 Å². The highest BCUT2D eigenvalue weighted by Crippen LogP contribution is 2.31. The summed E-state index contributed by atoms with van der Waals surface area (Å²) >= 11 is 6.15. The van der Waals surface area contributed by atoms with Crippen molar-refractivity contribution in [1.82, 2.24) is 15.1 Å². The molecule has 1 atom stereocenters. The number of aromatic nitrogens is 2. The zero-order valence-corrected chi connectivity index (χ0v) is 15.1. The smallest absolute Gasteiger partial charge is 0.253 e. The Hall–Kier alpha value is -2.34. The van der Waals surface area contributed by atoms with E-state index in [1.807, 2.05) is 24.0 Å². The van der Waals surface area contributed by atoms with Crippen LogP contribution in [-0.4, -0.2) is 40.0 Å². The summed E-state index contributed by atoms with van der Waals surface area (Å²) in [4.78, 5) is 26.0. The maximum Gasteiger partial charge on any atom is 0.253 e. The third kappa shape index (κ3) is 3.85. The molecule has 132 valence electrons. The second-order valence-corrected chi connectivity index (χ2v) is 6.84. The van der Waals surface area contributed by atoms with Crippen LogP contribution in [0.1, 0.15) is 47.3 Å². The zero-order valence-electron chi connectivity index (χ0n) is 14.3. The van der Waals surface area contributed by atoms with Crippen molar-refractivity contribution in [2.75, 3.05) is 18.4 Å². The van der Waals surface area contributed by atoms with E-state index in [1.54, 1.807) is 12.3 Å². The van der Waals surface area contributed by atoms with Crippen LogP contribution < -0.4 is 5.32 Å². The lowest BCUT2D eigenvalue weighted by Crippen LogP contribution is -2.39. The number of nitrogens with one attached hydrogen (secondary N) is 2. The van der Waals surface area contributed by atoms with Crippen molar-refractivity contribution in [1.29, 1.82) is 0 Å². The van der Waals surface area contributed by atoms with Gasteiger partial charge >= 0.3 is 0 Å². The van der Waals surface area contributed by atoms with E-state index < -0.39 is 0 Å². The fraction of sp³-hybridized carbons (Fsp3) is 0.389. The number of hydrogen-bond donors (Lipinski definition) is 2. The molecule has 0 saturated carbocycles. The lowest BCUT2D eigenvalue weighted by atomic mass is 9.93. The summed E-state index contributed by atoms with van der Waals surface area (Å²) in [5, 5.41) is 10.4. The number of rotatable bonds is 3. The van der Waals surface area contributed by atoms with E-state index in [1.165, 1.54) is 6.92 Å². The molecular formula is C18H21ClN4O2. The summed E-state index contributed by atoms with van der Waals surface area (Å²) in [5.41, 5.74) is 3.11. The lowest BCUT2D eigenvalue weighted by molar-refractivity contribution is -0.114. The number of H-pyrrole nitrogens is 1. The number of aromatic amines is 1. The van der Waals surface area contributed by atoms with E-state index in [0.717, 1.165) is 24.1 Å². The number of nitrogens with zero attached hydrogens (tertiary/aromatic N) is 2. The SMILES string of the molecule is CC(=O)Nc1cn[nH]c1C1CCCN(C(=O)c2ccc(C)c(Cl)c2)C1. The van der Waals surface area contributed by atoms with Gasteiger partial charge in [0.05, 0.1) is 17.6 Å². The topological polar surface area (TPSA) is 78.1 Å². The highest BCUT2D eigenvalue weighted by atomic mass is 35.5. The van der Waals surface area contributed by atoms with Crippen molar-refractivity contribution in [3.63, 3.8) is 0 Å². The van der Waals surface area contributed by atoms with E-state index >= 15 is 0 Å². The van der Waals surface area contributed by atoms with Gasteiger partial charge in [-0.1, -0.05) is 17.7 Å². The number of hydrogen-bond acceptors (Lipinski definition) is 3. The Balaban J connectivity index is 1.77. The first kappa shape index (κ1) is 17.5. The molecule has 1 aromatic heterocycles. The van der Waals surface area contributed by atoms with E-state index in [2.05, 4.69) is 15.5 Å². The number of aryl methyl sites for hydroxylation is 1. The van der Waals surface area contributed by atoms with Crippen molar-refractivity contribution in [2.24, 2.45) is 0 Å². The number of benzene rings is 1. The van der Waals surface area contributed by atoms with E-state index in [0.29, 0.717) is 29.4 Å².